The van der Waals surface area contributed by atoms with Crippen molar-refractivity contribution in [2.75, 3.05) is 0 Å². The number of benzene rings is 1. The zero-order chi connectivity index (χ0) is 16.8. The van der Waals surface area contributed by atoms with E-state index in [0.717, 1.165) is 18.4 Å². The van der Waals surface area contributed by atoms with E-state index in [0.29, 0.717) is 0 Å². The molecule has 23 heavy (non-hydrogen) atoms. The van der Waals surface area contributed by atoms with Gasteiger partial charge in [-0.1, -0.05) is 63.7 Å². The summed E-state index contributed by atoms with van der Waals surface area (Å²) in [6.45, 7) is 2.25. The summed E-state index contributed by atoms with van der Waals surface area (Å²) in [7, 11) is 0. The van der Waals surface area contributed by atoms with Crippen LogP contribution < -0.4 is 0 Å². The maximum absolute atomic E-state index is 9.45. The van der Waals surface area contributed by atoms with Gasteiger partial charge in [-0.3, -0.25) is 0 Å². The van der Waals surface area contributed by atoms with Crippen LogP contribution in [0.5, 0.6) is 11.5 Å². The Hall–Kier alpha value is -1.44. The lowest BCUT2D eigenvalue weighted by Crippen LogP contribution is -1.86. The molecule has 0 aliphatic rings. The highest BCUT2D eigenvalue weighted by Crippen LogP contribution is 2.25. The molecule has 1 aromatic carbocycles. The van der Waals surface area contributed by atoms with Crippen molar-refractivity contribution < 1.29 is 10.2 Å². The molecule has 0 atom stereocenters. The molecule has 0 aromatic heterocycles. The molecule has 0 spiro atoms. The molecule has 2 nitrogen and oxygen atoms in total. The van der Waals surface area contributed by atoms with Crippen LogP contribution in [0.15, 0.2) is 30.4 Å². The Morgan fingerprint density at radius 1 is 0.739 bits per heavy atom. The Labute approximate surface area is 142 Å². The summed E-state index contributed by atoms with van der Waals surface area (Å²) in [5.41, 5.74) is 1.10. The van der Waals surface area contributed by atoms with E-state index in [1.54, 1.807) is 12.1 Å². The molecular formula is C21H34O2. The molecule has 0 radical (unpaired) electrons. The van der Waals surface area contributed by atoms with Gasteiger partial charge >= 0.3 is 0 Å². The lowest BCUT2D eigenvalue weighted by atomic mass is 10.0. The van der Waals surface area contributed by atoms with Crippen LogP contribution in [-0.4, -0.2) is 10.2 Å². The molecule has 0 saturated heterocycles. The second kappa shape index (κ2) is 13.0. The fraction of sp³-hybridized carbons (Fsp3) is 0.619. The maximum Gasteiger partial charge on any atom is 0.157 e. The van der Waals surface area contributed by atoms with Crippen LogP contribution in [0.2, 0.25) is 0 Å². The van der Waals surface area contributed by atoms with Crippen LogP contribution in [-0.2, 0) is 6.42 Å². The number of aryl methyl sites for hydroxylation is 1. The Balaban J connectivity index is 1.91. The van der Waals surface area contributed by atoms with E-state index in [4.69, 9.17) is 0 Å². The summed E-state index contributed by atoms with van der Waals surface area (Å²) in [6.07, 6.45) is 19.8. The monoisotopic (exact) mass is 318 g/mol. The van der Waals surface area contributed by atoms with Gasteiger partial charge in [0.05, 0.1) is 0 Å². The molecule has 0 heterocycles. The molecule has 0 fully saturated rings. The third-order valence-electron chi connectivity index (χ3n) is 4.27. The molecule has 1 aromatic rings. The molecule has 0 aliphatic heterocycles. The fourth-order valence-corrected chi connectivity index (χ4v) is 2.77. The van der Waals surface area contributed by atoms with E-state index in [1.807, 2.05) is 6.07 Å². The van der Waals surface area contributed by atoms with Crippen molar-refractivity contribution in [2.45, 2.75) is 84.0 Å². The molecule has 0 unspecified atom stereocenters. The Kier molecular flexibility index (Phi) is 11.1. The van der Waals surface area contributed by atoms with Crippen LogP contribution in [0.1, 0.15) is 83.1 Å². The molecule has 0 aliphatic carbocycles. The van der Waals surface area contributed by atoms with Crippen molar-refractivity contribution in [1.82, 2.24) is 0 Å². The predicted molar refractivity (Wildman–Crippen MR) is 99.1 cm³/mol. The molecule has 2 N–H and O–H groups in total. The highest BCUT2D eigenvalue weighted by Gasteiger charge is 2.00. The number of aromatic hydroxyl groups is 2. The van der Waals surface area contributed by atoms with E-state index in [9.17, 15) is 10.2 Å². The minimum Gasteiger partial charge on any atom is -0.504 e. The highest BCUT2D eigenvalue weighted by molar-refractivity contribution is 5.40. The smallest absolute Gasteiger partial charge is 0.157 e. The van der Waals surface area contributed by atoms with E-state index in [1.165, 1.54) is 64.2 Å². The van der Waals surface area contributed by atoms with E-state index in [-0.39, 0.29) is 11.5 Å². The first kappa shape index (κ1) is 19.6. The molecule has 130 valence electrons. The first-order chi connectivity index (χ1) is 11.2. The van der Waals surface area contributed by atoms with Gasteiger partial charge in [-0.05, 0) is 56.2 Å². The Bertz CT molecular complexity index is 437. The second-order valence-electron chi connectivity index (χ2n) is 6.45. The number of phenols is 2. The topological polar surface area (TPSA) is 40.5 Å². The van der Waals surface area contributed by atoms with E-state index >= 15 is 0 Å². The van der Waals surface area contributed by atoms with Crippen molar-refractivity contribution in [3.63, 3.8) is 0 Å². The quantitative estimate of drug-likeness (QED) is 0.247. The van der Waals surface area contributed by atoms with Gasteiger partial charge in [0.15, 0.2) is 11.5 Å². The van der Waals surface area contributed by atoms with Gasteiger partial charge in [-0.2, -0.15) is 0 Å². The van der Waals surface area contributed by atoms with Gasteiger partial charge in [0.1, 0.15) is 0 Å². The lowest BCUT2D eigenvalue weighted by Gasteiger charge is -2.04. The second-order valence-corrected chi connectivity index (χ2v) is 6.45. The zero-order valence-corrected chi connectivity index (χ0v) is 14.8. The van der Waals surface area contributed by atoms with Crippen molar-refractivity contribution in [3.05, 3.63) is 35.9 Å². The van der Waals surface area contributed by atoms with Crippen molar-refractivity contribution in [3.8, 4) is 11.5 Å². The SMILES string of the molecule is CCCCCC/C=C\CCCCCCCc1ccc(O)c(O)c1. The number of rotatable bonds is 13. The number of hydrogen-bond donors (Lipinski definition) is 2. The number of allylic oxidation sites excluding steroid dienone is 2. The molecule has 2 heteroatoms. The normalized spacial score (nSPS) is 11.3. The van der Waals surface area contributed by atoms with Gasteiger partial charge in [-0.15, -0.1) is 0 Å². The molecule has 1 rings (SSSR count). The summed E-state index contributed by atoms with van der Waals surface area (Å²) < 4.78 is 0. The molecule has 0 saturated carbocycles. The fourth-order valence-electron chi connectivity index (χ4n) is 2.77. The van der Waals surface area contributed by atoms with Gasteiger partial charge in [0, 0.05) is 0 Å². The van der Waals surface area contributed by atoms with Crippen molar-refractivity contribution in [1.29, 1.82) is 0 Å². The van der Waals surface area contributed by atoms with Crippen molar-refractivity contribution in [2.24, 2.45) is 0 Å². The third kappa shape index (κ3) is 10.0. The van der Waals surface area contributed by atoms with Gasteiger partial charge < -0.3 is 10.2 Å². The number of phenolic OH excluding ortho intramolecular Hbond substituents is 2. The van der Waals surface area contributed by atoms with E-state index < -0.39 is 0 Å². The summed E-state index contributed by atoms with van der Waals surface area (Å²) >= 11 is 0. The first-order valence-electron chi connectivity index (χ1n) is 9.40. The van der Waals surface area contributed by atoms with Crippen LogP contribution in [0.4, 0.5) is 0 Å². The number of hydrogen-bond acceptors (Lipinski definition) is 2. The maximum atomic E-state index is 9.45. The Morgan fingerprint density at radius 2 is 1.35 bits per heavy atom. The van der Waals surface area contributed by atoms with Gasteiger partial charge in [0.25, 0.3) is 0 Å². The first-order valence-corrected chi connectivity index (χ1v) is 9.40. The van der Waals surface area contributed by atoms with E-state index in [2.05, 4.69) is 19.1 Å². The Morgan fingerprint density at radius 3 is 2.00 bits per heavy atom. The van der Waals surface area contributed by atoms with Crippen LogP contribution in [0.25, 0.3) is 0 Å². The summed E-state index contributed by atoms with van der Waals surface area (Å²) in [5, 5.41) is 18.7. The van der Waals surface area contributed by atoms with Gasteiger partial charge in [-0.25, -0.2) is 0 Å². The average Bonchev–Trinajstić information content (AvgIpc) is 2.55. The lowest BCUT2D eigenvalue weighted by molar-refractivity contribution is 0.403. The summed E-state index contributed by atoms with van der Waals surface area (Å²) in [4.78, 5) is 0. The average molecular weight is 319 g/mol. The largest absolute Gasteiger partial charge is 0.504 e. The van der Waals surface area contributed by atoms with Crippen molar-refractivity contribution >= 4 is 0 Å². The van der Waals surface area contributed by atoms with Gasteiger partial charge in [0.2, 0.25) is 0 Å². The molecule has 0 amide bonds. The minimum atomic E-state index is -0.0350. The van der Waals surface area contributed by atoms with Crippen LogP contribution >= 0.6 is 0 Å². The molecule has 0 bridgehead atoms. The highest BCUT2D eigenvalue weighted by atomic mass is 16.3. The van der Waals surface area contributed by atoms with Crippen LogP contribution in [0.3, 0.4) is 0 Å². The predicted octanol–water partition coefficient (Wildman–Crippen LogP) is 6.51. The molecular weight excluding hydrogens is 284 g/mol. The van der Waals surface area contributed by atoms with Crippen LogP contribution in [0, 0.1) is 0 Å². The zero-order valence-electron chi connectivity index (χ0n) is 14.8. The summed E-state index contributed by atoms with van der Waals surface area (Å²) in [6, 6.07) is 5.13. The summed E-state index contributed by atoms with van der Waals surface area (Å²) in [5.74, 6) is -0.0452. The standard InChI is InChI=1S/C21H34O2/c1-2-3-4-5-6-7-8-9-10-11-12-13-14-15-19-16-17-20(22)21(23)18-19/h7-8,16-18,22-23H,2-6,9-15H2,1H3/b8-7-. The third-order valence-corrected chi connectivity index (χ3v) is 4.27. The number of unbranched alkanes of at least 4 members (excludes halogenated alkanes) is 9. The minimum absolute atomic E-state index is 0.0102.